The molecule has 1 amide bonds. The van der Waals surface area contributed by atoms with Gasteiger partial charge in [-0.1, -0.05) is 13.8 Å². The Labute approximate surface area is 147 Å². The molecule has 4 bridgehead atoms. The fraction of sp³-hybridized carbons (Fsp3) is 0.947. The normalized spacial score (nSPS) is 43.7. The van der Waals surface area contributed by atoms with E-state index in [1.165, 1.54) is 51.4 Å². The van der Waals surface area contributed by atoms with E-state index in [0.29, 0.717) is 17.4 Å². The number of hydrogen-bond acceptors (Lipinski definition) is 2. The van der Waals surface area contributed by atoms with E-state index in [2.05, 4.69) is 24.5 Å². The van der Waals surface area contributed by atoms with E-state index in [0.717, 1.165) is 30.8 Å². The average Bonchev–Trinajstić information content (AvgIpc) is 2.44. The van der Waals surface area contributed by atoms with Gasteiger partial charge in [0.25, 0.3) is 0 Å². The number of rotatable bonds is 3. The number of piperidine rings is 1. The molecule has 4 heteroatoms. The van der Waals surface area contributed by atoms with Gasteiger partial charge in [-0.2, -0.15) is 0 Å². The van der Waals surface area contributed by atoms with Crippen molar-refractivity contribution in [1.82, 2.24) is 10.6 Å². The zero-order valence-corrected chi connectivity index (χ0v) is 15.5. The summed E-state index contributed by atoms with van der Waals surface area (Å²) >= 11 is 0. The van der Waals surface area contributed by atoms with Crippen LogP contribution in [0.4, 0.5) is 0 Å². The van der Waals surface area contributed by atoms with E-state index in [1.54, 1.807) is 0 Å². The van der Waals surface area contributed by atoms with Gasteiger partial charge in [0.2, 0.25) is 5.91 Å². The van der Waals surface area contributed by atoms with E-state index >= 15 is 0 Å². The molecule has 3 nitrogen and oxygen atoms in total. The van der Waals surface area contributed by atoms with Crippen molar-refractivity contribution in [1.29, 1.82) is 0 Å². The van der Waals surface area contributed by atoms with E-state index in [4.69, 9.17) is 0 Å². The molecule has 0 aromatic rings. The molecule has 5 rings (SSSR count). The Bertz CT molecular complexity index is 427. The van der Waals surface area contributed by atoms with Crippen LogP contribution >= 0.6 is 12.4 Å². The van der Waals surface area contributed by atoms with Gasteiger partial charge in [0.1, 0.15) is 0 Å². The Morgan fingerprint density at radius 2 is 1.65 bits per heavy atom. The molecule has 4 saturated carbocycles. The van der Waals surface area contributed by atoms with Crippen molar-refractivity contribution in [3.63, 3.8) is 0 Å². The summed E-state index contributed by atoms with van der Waals surface area (Å²) in [5, 5.41) is 6.99. The van der Waals surface area contributed by atoms with E-state index in [1.807, 2.05) is 0 Å². The van der Waals surface area contributed by atoms with Crippen LogP contribution < -0.4 is 10.6 Å². The summed E-state index contributed by atoms with van der Waals surface area (Å²) in [5.41, 5.74) is 0.306. The fourth-order valence-electron chi connectivity index (χ4n) is 6.39. The summed E-state index contributed by atoms with van der Waals surface area (Å²) in [7, 11) is 0. The van der Waals surface area contributed by atoms with Crippen LogP contribution in [0.25, 0.3) is 0 Å². The summed E-state index contributed by atoms with van der Waals surface area (Å²) < 4.78 is 0. The lowest BCUT2D eigenvalue weighted by Gasteiger charge is -2.55. The molecule has 1 unspecified atom stereocenters. The largest absolute Gasteiger partial charge is 0.354 e. The van der Waals surface area contributed by atoms with E-state index < -0.39 is 0 Å². The molecule has 2 N–H and O–H groups in total. The molecule has 132 valence electrons. The van der Waals surface area contributed by atoms with Crippen LogP contribution in [0.2, 0.25) is 0 Å². The number of carbonyl (C=O) groups excluding carboxylic acids is 1. The van der Waals surface area contributed by atoms with Gasteiger partial charge in [-0.05, 0) is 81.1 Å². The molecule has 1 atom stereocenters. The maximum absolute atomic E-state index is 13.0. The zero-order chi connectivity index (χ0) is 15.4. The minimum atomic E-state index is 0. The molecule has 5 fully saturated rings. The van der Waals surface area contributed by atoms with Gasteiger partial charge >= 0.3 is 0 Å². The van der Waals surface area contributed by atoms with Crippen LogP contribution in [0, 0.1) is 28.6 Å². The second kappa shape index (κ2) is 6.22. The Kier molecular flexibility index (Phi) is 4.74. The molecule has 0 spiro atoms. The topological polar surface area (TPSA) is 41.1 Å². The highest BCUT2D eigenvalue weighted by Crippen LogP contribution is 2.60. The lowest BCUT2D eigenvalue weighted by Crippen LogP contribution is -2.57. The van der Waals surface area contributed by atoms with Crippen LogP contribution in [0.15, 0.2) is 0 Å². The average molecular weight is 341 g/mol. The first-order valence-corrected chi connectivity index (χ1v) is 9.49. The number of nitrogens with one attached hydrogen (secondary N) is 2. The van der Waals surface area contributed by atoms with Crippen LogP contribution in [0.1, 0.15) is 65.2 Å². The fourth-order valence-corrected chi connectivity index (χ4v) is 6.39. The molecule has 1 heterocycles. The number of hydrogen-bond donors (Lipinski definition) is 2. The quantitative estimate of drug-likeness (QED) is 0.825. The van der Waals surface area contributed by atoms with Crippen LogP contribution in [-0.2, 0) is 4.79 Å². The smallest absolute Gasteiger partial charge is 0.226 e. The molecule has 23 heavy (non-hydrogen) atoms. The summed E-state index contributed by atoms with van der Waals surface area (Å²) in [6.07, 6.45) is 10.3. The van der Waals surface area contributed by atoms with Crippen molar-refractivity contribution in [2.75, 3.05) is 13.1 Å². The maximum Gasteiger partial charge on any atom is 0.226 e. The molecule has 1 saturated heterocycles. The molecule has 4 aliphatic carbocycles. The summed E-state index contributed by atoms with van der Waals surface area (Å²) in [6.45, 7) is 6.58. The van der Waals surface area contributed by atoms with Crippen molar-refractivity contribution in [3.05, 3.63) is 0 Å². The maximum atomic E-state index is 13.0. The van der Waals surface area contributed by atoms with Crippen molar-refractivity contribution >= 4 is 18.3 Å². The van der Waals surface area contributed by atoms with Crippen molar-refractivity contribution in [2.45, 2.75) is 71.3 Å². The second-order valence-corrected chi connectivity index (χ2v) is 9.51. The summed E-state index contributed by atoms with van der Waals surface area (Å²) in [6, 6.07) is 0.430. The third-order valence-electron chi connectivity index (χ3n) is 7.32. The minimum Gasteiger partial charge on any atom is -0.354 e. The third-order valence-corrected chi connectivity index (χ3v) is 7.32. The van der Waals surface area contributed by atoms with Crippen molar-refractivity contribution < 1.29 is 4.79 Å². The van der Waals surface area contributed by atoms with Gasteiger partial charge in [-0.3, -0.25) is 4.79 Å². The van der Waals surface area contributed by atoms with Gasteiger partial charge < -0.3 is 10.6 Å². The van der Waals surface area contributed by atoms with Crippen molar-refractivity contribution in [3.8, 4) is 0 Å². The molecule has 1 aliphatic heterocycles. The summed E-state index contributed by atoms with van der Waals surface area (Å²) in [4.78, 5) is 13.0. The molecular formula is C19H33ClN2O. The summed E-state index contributed by atoms with van der Waals surface area (Å²) in [5.74, 6) is 2.93. The van der Waals surface area contributed by atoms with Crippen LogP contribution in [-0.4, -0.2) is 25.0 Å². The molecule has 0 aromatic carbocycles. The van der Waals surface area contributed by atoms with E-state index in [-0.39, 0.29) is 17.8 Å². The monoisotopic (exact) mass is 340 g/mol. The highest BCUT2D eigenvalue weighted by Gasteiger charge is 2.54. The van der Waals surface area contributed by atoms with E-state index in [9.17, 15) is 4.79 Å². The van der Waals surface area contributed by atoms with Gasteiger partial charge in [0.15, 0.2) is 0 Å². The highest BCUT2D eigenvalue weighted by molar-refractivity contribution is 5.85. The number of amides is 1. The van der Waals surface area contributed by atoms with Gasteiger partial charge in [0.05, 0.1) is 0 Å². The first kappa shape index (κ1) is 17.5. The predicted molar refractivity (Wildman–Crippen MR) is 95.7 cm³/mol. The Morgan fingerprint density at radius 3 is 2.17 bits per heavy atom. The van der Waals surface area contributed by atoms with Gasteiger partial charge in [0, 0.05) is 18.0 Å². The second-order valence-electron chi connectivity index (χ2n) is 9.51. The minimum absolute atomic E-state index is 0. The van der Waals surface area contributed by atoms with Crippen LogP contribution in [0.5, 0.6) is 0 Å². The third kappa shape index (κ3) is 3.16. The lowest BCUT2D eigenvalue weighted by atomic mass is 9.49. The van der Waals surface area contributed by atoms with Gasteiger partial charge in [-0.15, -0.1) is 12.4 Å². The van der Waals surface area contributed by atoms with Gasteiger partial charge in [-0.25, -0.2) is 0 Å². The number of halogens is 1. The molecule has 0 aromatic heterocycles. The van der Waals surface area contributed by atoms with Crippen molar-refractivity contribution in [2.24, 2.45) is 28.6 Å². The Morgan fingerprint density at radius 1 is 1.09 bits per heavy atom. The number of carbonyl (C=O) groups is 1. The van der Waals surface area contributed by atoms with Crippen LogP contribution in [0.3, 0.4) is 0 Å². The standard InChI is InChI=1S/C19H32N2O.ClH/c1-18(2)4-3-5-20-16(18)12-21-17(22)19-9-13-6-14(10-19)8-15(7-13)11-19;/h13-16,20H,3-12H2,1-2H3,(H,21,22);1H. The zero-order valence-electron chi connectivity index (χ0n) is 14.7. The predicted octanol–water partition coefficient (Wildman–Crippen LogP) is 3.52. The molecular weight excluding hydrogens is 308 g/mol. The lowest BCUT2D eigenvalue weighted by molar-refractivity contribution is -0.146. The Balaban J connectivity index is 0.00000156. The molecule has 5 aliphatic rings. The first-order chi connectivity index (χ1) is 10.5. The first-order valence-electron chi connectivity index (χ1n) is 9.49. The Hall–Kier alpha value is -0.280. The molecule has 0 radical (unpaired) electrons. The highest BCUT2D eigenvalue weighted by atomic mass is 35.5. The SMILES string of the molecule is CC1(C)CCCNC1CNC(=O)C12CC3CC(CC(C3)C1)C2.Cl.